The van der Waals surface area contributed by atoms with Gasteiger partial charge < -0.3 is 20.4 Å². The van der Waals surface area contributed by atoms with E-state index in [4.69, 9.17) is 4.74 Å². The number of aromatic nitrogens is 2. The minimum atomic E-state index is -0.365. The molecule has 8 heteroatoms. The number of methoxy groups -OCH3 is 1. The van der Waals surface area contributed by atoms with E-state index < -0.39 is 0 Å². The first kappa shape index (κ1) is 22.6. The van der Waals surface area contributed by atoms with Crippen LogP contribution in [0.1, 0.15) is 28.4 Å². The number of nitrogens with zero attached hydrogens (tertiary/aromatic N) is 2. The first-order valence-corrected chi connectivity index (χ1v) is 9.99. The average Bonchev–Trinajstić information content (AvgIpc) is 3.22. The molecule has 8 nitrogen and oxygen atoms in total. The van der Waals surface area contributed by atoms with E-state index >= 15 is 0 Å². The highest BCUT2D eigenvalue weighted by Gasteiger charge is 2.16. The molecule has 0 saturated heterocycles. The van der Waals surface area contributed by atoms with Crippen molar-refractivity contribution in [3.05, 3.63) is 77.8 Å². The van der Waals surface area contributed by atoms with Crippen molar-refractivity contribution in [2.45, 2.75) is 6.92 Å². The molecule has 0 saturated carbocycles. The van der Waals surface area contributed by atoms with Gasteiger partial charge >= 0.3 is 6.03 Å². The highest BCUT2D eigenvalue weighted by Crippen LogP contribution is 2.24. The Balaban J connectivity index is 1.84. The molecule has 164 valence electrons. The van der Waals surface area contributed by atoms with E-state index in [1.807, 2.05) is 19.1 Å². The molecule has 0 radical (unpaired) electrons. The smallest absolute Gasteiger partial charge is 0.319 e. The number of hydrogen-bond acceptors (Lipinski definition) is 5. The summed E-state index contributed by atoms with van der Waals surface area (Å²) in [5, 5.41) is 6.12. The molecule has 0 aliphatic heterocycles. The molecule has 1 aromatic carbocycles. The van der Waals surface area contributed by atoms with Gasteiger partial charge in [0.25, 0.3) is 0 Å². The molecular formula is C24H25N5O3. The predicted molar refractivity (Wildman–Crippen MR) is 127 cm³/mol. The number of anilines is 1. The van der Waals surface area contributed by atoms with Crippen LogP contribution in [0.2, 0.25) is 0 Å². The van der Waals surface area contributed by atoms with E-state index in [-0.39, 0.29) is 11.8 Å². The number of carbonyl (C=O) groups is 2. The summed E-state index contributed by atoms with van der Waals surface area (Å²) >= 11 is 0. The third kappa shape index (κ3) is 5.55. The van der Waals surface area contributed by atoms with E-state index in [0.717, 1.165) is 16.5 Å². The summed E-state index contributed by atoms with van der Waals surface area (Å²) < 4.78 is 4.91. The summed E-state index contributed by atoms with van der Waals surface area (Å²) in [5.41, 5.74) is 3.98. The van der Waals surface area contributed by atoms with Gasteiger partial charge in [0.15, 0.2) is 5.78 Å². The minimum Gasteiger partial charge on any atom is -0.383 e. The van der Waals surface area contributed by atoms with E-state index in [1.165, 1.54) is 0 Å². The standard InChI is InChI=1S/C24H25N5O3/c1-16(6-5-9-25-2)18-13-20-21(15-28-23(20)27-14-18)22(30)17-7-4-8-19(12-17)29-24(31)26-10-11-32-3/h4-9,12-15H,2,10-11H2,1,3H3,(H,27,28)(H2,26,29,31)/b9-5-,16-6+. The second kappa shape index (κ2) is 10.8. The summed E-state index contributed by atoms with van der Waals surface area (Å²) in [5.74, 6) is -0.170. The molecule has 2 heterocycles. The molecule has 0 aliphatic carbocycles. The normalized spacial score (nSPS) is 11.6. The lowest BCUT2D eigenvalue weighted by Crippen LogP contribution is -2.31. The second-order valence-corrected chi connectivity index (χ2v) is 6.98. The number of ether oxygens (including phenoxy) is 1. The number of hydrogen-bond donors (Lipinski definition) is 3. The zero-order valence-corrected chi connectivity index (χ0v) is 18.0. The van der Waals surface area contributed by atoms with Crippen LogP contribution in [-0.2, 0) is 4.74 Å². The van der Waals surface area contributed by atoms with Gasteiger partial charge in [0.2, 0.25) is 0 Å². The molecule has 3 rings (SSSR count). The Morgan fingerprint density at radius 3 is 2.91 bits per heavy atom. The zero-order chi connectivity index (χ0) is 22.9. The summed E-state index contributed by atoms with van der Waals surface area (Å²) in [6.45, 7) is 6.17. The van der Waals surface area contributed by atoms with Crippen molar-refractivity contribution in [3.8, 4) is 0 Å². The van der Waals surface area contributed by atoms with Crippen molar-refractivity contribution < 1.29 is 14.3 Å². The third-order valence-corrected chi connectivity index (χ3v) is 4.74. The van der Waals surface area contributed by atoms with Crippen LogP contribution >= 0.6 is 0 Å². The number of rotatable bonds is 9. The molecule has 0 atom stereocenters. The minimum absolute atomic E-state index is 0.170. The maximum atomic E-state index is 13.2. The number of benzene rings is 1. The van der Waals surface area contributed by atoms with Crippen LogP contribution in [-0.4, -0.2) is 48.8 Å². The molecule has 0 unspecified atom stereocenters. The van der Waals surface area contributed by atoms with Gasteiger partial charge in [-0.1, -0.05) is 18.2 Å². The Kier molecular flexibility index (Phi) is 7.66. The summed E-state index contributed by atoms with van der Waals surface area (Å²) in [7, 11) is 1.56. The maximum Gasteiger partial charge on any atom is 0.319 e. The van der Waals surface area contributed by atoms with Gasteiger partial charge in [-0.15, -0.1) is 0 Å². The first-order valence-electron chi connectivity index (χ1n) is 9.99. The lowest BCUT2D eigenvalue weighted by Gasteiger charge is -2.08. The maximum absolute atomic E-state index is 13.2. The summed E-state index contributed by atoms with van der Waals surface area (Å²) in [4.78, 5) is 36.4. The van der Waals surface area contributed by atoms with Crippen LogP contribution in [0, 0.1) is 0 Å². The van der Waals surface area contributed by atoms with Crippen LogP contribution < -0.4 is 10.6 Å². The number of carbonyl (C=O) groups excluding carboxylic acids is 2. The number of aromatic amines is 1. The molecule has 3 aromatic rings. The summed E-state index contributed by atoms with van der Waals surface area (Å²) in [6, 6.07) is 8.37. The number of aliphatic imine (C=N–C) groups is 1. The van der Waals surface area contributed by atoms with Gasteiger partial charge in [-0.05, 0) is 49.1 Å². The number of nitrogens with one attached hydrogen (secondary N) is 3. The monoisotopic (exact) mass is 431 g/mol. The topological polar surface area (TPSA) is 108 Å². The fourth-order valence-corrected chi connectivity index (χ4v) is 3.09. The quantitative estimate of drug-likeness (QED) is 0.204. The first-order chi connectivity index (χ1) is 15.5. The molecule has 2 aromatic heterocycles. The Hall–Kier alpha value is -4.04. The number of amides is 2. The Morgan fingerprint density at radius 2 is 2.12 bits per heavy atom. The van der Waals surface area contributed by atoms with Gasteiger partial charge in [-0.2, -0.15) is 0 Å². The van der Waals surface area contributed by atoms with Gasteiger partial charge in [0, 0.05) is 54.4 Å². The highest BCUT2D eigenvalue weighted by molar-refractivity contribution is 6.16. The molecular weight excluding hydrogens is 406 g/mol. The molecule has 2 amide bonds. The van der Waals surface area contributed by atoms with Crippen LogP contribution in [0.5, 0.6) is 0 Å². The predicted octanol–water partition coefficient (Wildman–Crippen LogP) is 4.18. The van der Waals surface area contributed by atoms with Gasteiger partial charge in [0.05, 0.1) is 6.61 Å². The fraction of sp³-hybridized carbons (Fsp3) is 0.167. The van der Waals surface area contributed by atoms with Gasteiger partial charge in [-0.25, -0.2) is 9.78 Å². The molecule has 0 bridgehead atoms. The Morgan fingerprint density at radius 1 is 1.28 bits per heavy atom. The van der Waals surface area contributed by atoms with Crippen molar-refractivity contribution in [3.63, 3.8) is 0 Å². The lowest BCUT2D eigenvalue weighted by molar-refractivity contribution is 0.104. The Bertz CT molecular complexity index is 1190. The summed E-state index contributed by atoms with van der Waals surface area (Å²) in [6.07, 6.45) is 8.69. The van der Waals surface area contributed by atoms with Crippen molar-refractivity contribution in [1.82, 2.24) is 15.3 Å². The van der Waals surface area contributed by atoms with E-state index in [0.29, 0.717) is 35.6 Å². The third-order valence-electron chi connectivity index (χ3n) is 4.74. The second-order valence-electron chi connectivity index (χ2n) is 6.98. The molecule has 32 heavy (non-hydrogen) atoms. The van der Waals surface area contributed by atoms with Crippen molar-refractivity contribution in [1.29, 1.82) is 0 Å². The highest BCUT2D eigenvalue weighted by atomic mass is 16.5. The number of urea groups is 1. The molecule has 0 spiro atoms. The molecule has 3 N–H and O–H groups in total. The van der Waals surface area contributed by atoms with E-state index in [2.05, 4.69) is 32.3 Å². The van der Waals surface area contributed by atoms with Crippen LogP contribution in [0.3, 0.4) is 0 Å². The van der Waals surface area contributed by atoms with Crippen molar-refractivity contribution in [2.24, 2.45) is 4.99 Å². The number of allylic oxidation sites excluding steroid dienone is 3. The number of fused-ring (bicyclic) bond motifs is 1. The number of H-pyrrole nitrogens is 1. The van der Waals surface area contributed by atoms with Crippen LogP contribution in [0.15, 0.2) is 66.1 Å². The molecule has 0 fully saturated rings. The molecule has 0 aliphatic rings. The van der Waals surface area contributed by atoms with Gasteiger partial charge in [0.1, 0.15) is 5.65 Å². The van der Waals surface area contributed by atoms with E-state index in [9.17, 15) is 9.59 Å². The van der Waals surface area contributed by atoms with E-state index in [1.54, 1.807) is 56.0 Å². The zero-order valence-electron chi connectivity index (χ0n) is 18.0. The SMILES string of the molecule is C=N/C=C\C=C(/C)c1cnc2[nH]cc(C(=O)c3cccc(NC(=O)NCCOC)c3)c2c1. The lowest BCUT2D eigenvalue weighted by atomic mass is 10.0. The van der Waals surface area contributed by atoms with Crippen LogP contribution in [0.25, 0.3) is 16.6 Å². The fourth-order valence-electron chi connectivity index (χ4n) is 3.09. The van der Waals surface area contributed by atoms with Gasteiger partial charge in [-0.3, -0.25) is 9.79 Å². The van der Waals surface area contributed by atoms with Crippen LogP contribution in [0.4, 0.5) is 10.5 Å². The average molecular weight is 431 g/mol. The number of ketones is 1. The number of pyridine rings is 1. The van der Waals surface area contributed by atoms with Crippen molar-refractivity contribution in [2.75, 3.05) is 25.6 Å². The largest absolute Gasteiger partial charge is 0.383 e. The Labute approximate surface area is 186 Å². The van der Waals surface area contributed by atoms with Crippen molar-refractivity contribution >= 4 is 40.8 Å².